The number of ether oxygens (including phenoxy) is 1. The molecule has 2 heteroatoms. The Morgan fingerprint density at radius 1 is 0.667 bits per heavy atom. The first-order valence-electron chi connectivity index (χ1n) is 9.24. The molecular formula is C25H14O2. The molecule has 0 spiro atoms. The zero-order chi connectivity index (χ0) is 17.5. The zero-order valence-corrected chi connectivity index (χ0v) is 14.4. The van der Waals surface area contributed by atoms with E-state index in [2.05, 4.69) is 60.7 Å². The molecule has 1 aliphatic heterocycles. The highest BCUT2D eigenvalue weighted by Gasteiger charge is 2.39. The van der Waals surface area contributed by atoms with Gasteiger partial charge in [-0.15, -0.1) is 0 Å². The molecule has 1 aromatic heterocycles. The zero-order valence-electron chi connectivity index (χ0n) is 14.4. The van der Waals surface area contributed by atoms with Gasteiger partial charge in [-0.3, -0.25) is 0 Å². The van der Waals surface area contributed by atoms with Crippen molar-refractivity contribution in [2.45, 2.75) is 5.92 Å². The van der Waals surface area contributed by atoms with Crippen LogP contribution in [0.5, 0.6) is 11.5 Å². The fourth-order valence-electron chi connectivity index (χ4n) is 4.88. The second-order valence-corrected chi connectivity index (χ2v) is 7.30. The summed E-state index contributed by atoms with van der Waals surface area (Å²) in [4.78, 5) is 0. The summed E-state index contributed by atoms with van der Waals surface area (Å²) in [7, 11) is 0. The number of benzene rings is 4. The molecule has 2 aliphatic rings. The first-order valence-corrected chi connectivity index (χ1v) is 9.24. The van der Waals surface area contributed by atoms with Crippen molar-refractivity contribution >= 4 is 21.9 Å². The third-order valence-electron chi connectivity index (χ3n) is 5.95. The van der Waals surface area contributed by atoms with Crippen LogP contribution in [0, 0.1) is 0 Å². The molecule has 0 radical (unpaired) electrons. The molecule has 0 fully saturated rings. The van der Waals surface area contributed by atoms with Gasteiger partial charge in [-0.25, -0.2) is 0 Å². The number of hydrogen-bond acceptors (Lipinski definition) is 2. The van der Waals surface area contributed by atoms with Crippen LogP contribution in [0.2, 0.25) is 0 Å². The molecule has 7 rings (SSSR count). The van der Waals surface area contributed by atoms with Crippen molar-refractivity contribution in [1.82, 2.24) is 0 Å². The topological polar surface area (TPSA) is 22.4 Å². The van der Waals surface area contributed by atoms with E-state index in [0.717, 1.165) is 33.4 Å². The lowest BCUT2D eigenvalue weighted by Gasteiger charge is -2.26. The molecule has 0 saturated carbocycles. The van der Waals surface area contributed by atoms with Crippen molar-refractivity contribution in [2.75, 3.05) is 0 Å². The Kier molecular flexibility index (Phi) is 2.33. The summed E-state index contributed by atoms with van der Waals surface area (Å²) in [6.45, 7) is 0. The molecule has 0 amide bonds. The average Bonchev–Trinajstić information content (AvgIpc) is 3.25. The molecule has 0 bridgehead atoms. The van der Waals surface area contributed by atoms with Crippen molar-refractivity contribution < 1.29 is 9.15 Å². The quantitative estimate of drug-likeness (QED) is 0.299. The van der Waals surface area contributed by atoms with Crippen molar-refractivity contribution in [3.8, 4) is 22.6 Å². The van der Waals surface area contributed by atoms with Gasteiger partial charge in [0.05, 0.1) is 5.39 Å². The molecule has 126 valence electrons. The molecule has 4 aromatic carbocycles. The molecular weight excluding hydrogens is 332 g/mol. The molecule has 2 heterocycles. The van der Waals surface area contributed by atoms with E-state index in [0.29, 0.717) is 0 Å². The predicted octanol–water partition coefficient (Wildman–Crippen LogP) is 6.85. The highest BCUT2D eigenvalue weighted by atomic mass is 16.5. The Labute approximate surface area is 155 Å². The Hall–Kier alpha value is -3.52. The lowest BCUT2D eigenvalue weighted by atomic mass is 9.86. The van der Waals surface area contributed by atoms with Crippen LogP contribution >= 0.6 is 0 Å². The fourth-order valence-corrected chi connectivity index (χ4v) is 4.88. The van der Waals surface area contributed by atoms with Gasteiger partial charge in [-0.05, 0) is 34.9 Å². The van der Waals surface area contributed by atoms with Crippen LogP contribution in [-0.4, -0.2) is 0 Å². The van der Waals surface area contributed by atoms with Crippen molar-refractivity contribution in [2.24, 2.45) is 0 Å². The SMILES string of the molecule is c1ccc2c(c1)Oc1c3c(cc4oc5ccccc5c14)-c1ccccc1C23. The summed E-state index contributed by atoms with van der Waals surface area (Å²) in [6, 6.07) is 27.5. The fraction of sp³-hybridized carbons (Fsp3) is 0.0400. The summed E-state index contributed by atoms with van der Waals surface area (Å²) < 4.78 is 12.7. The Bertz CT molecular complexity index is 1410. The highest BCUT2D eigenvalue weighted by Crippen LogP contribution is 2.59. The van der Waals surface area contributed by atoms with E-state index in [1.807, 2.05) is 18.2 Å². The predicted molar refractivity (Wildman–Crippen MR) is 107 cm³/mol. The molecule has 0 saturated heterocycles. The molecule has 1 aliphatic carbocycles. The maximum absolute atomic E-state index is 6.52. The Morgan fingerprint density at radius 2 is 1.44 bits per heavy atom. The van der Waals surface area contributed by atoms with Crippen molar-refractivity contribution in [3.63, 3.8) is 0 Å². The van der Waals surface area contributed by atoms with Crippen LogP contribution in [0.4, 0.5) is 0 Å². The first-order chi connectivity index (χ1) is 13.4. The van der Waals surface area contributed by atoms with Crippen LogP contribution in [-0.2, 0) is 0 Å². The van der Waals surface area contributed by atoms with E-state index in [1.54, 1.807) is 0 Å². The number of rotatable bonds is 0. The maximum atomic E-state index is 6.52. The van der Waals surface area contributed by atoms with E-state index >= 15 is 0 Å². The standard InChI is InChI=1S/C25H14O2/c1-2-8-15-14(7-1)18-13-21-23(17-10-4-5-11-19(17)26-21)25-24(18)22(15)16-9-3-6-12-20(16)27-25/h1-13,22H. The average molecular weight is 346 g/mol. The van der Waals surface area contributed by atoms with Gasteiger partial charge in [0, 0.05) is 22.4 Å². The van der Waals surface area contributed by atoms with Gasteiger partial charge in [0.1, 0.15) is 22.7 Å². The third kappa shape index (κ3) is 1.57. The molecule has 1 atom stereocenters. The van der Waals surface area contributed by atoms with Gasteiger partial charge in [0.15, 0.2) is 0 Å². The largest absolute Gasteiger partial charge is 0.456 e. The van der Waals surface area contributed by atoms with E-state index in [9.17, 15) is 0 Å². The Balaban J connectivity index is 1.71. The maximum Gasteiger partial charge on any atom is 0.143 e. The molecule has 0 N–H and O–H groups in total. The van der Waals surface area contributed by atoms with Crippen LogP contribution in [0.1, 0.15) is 22.6 Å². The summed E-state index contributed by atoms with van der Waals surface area (Å²) >= 11 is 0. The summed E-state index contributed by atoms with van der Waals surface area (Å²) in [6.07, 6.45) is 0. The lowest BCUT2D eigenvalue weighted by molar-refractivity contribution is 0.460. The summed E-state index contributed by atoms with van der Waals surface area (Å²) in [5.74, 6) is 2.11. The van der Waals surface area contributed by atoms with E-state index in [1.165, 1.54) is 27.8 Å². The molecule has 27 heavy (non-hydrogen) atoms. The van der Waals surface area contributed by atoms with Gasteiger partial charge in [0.25, 0.3) is 0 Å². The van der Waals surface area contributed by atoms with Gasteiger partial charge in [-0.2, -0.15) is 0 Å². The number of para-hydroxylation sites is 2. The van der Waals surface area contributed by atoms with Crippen LogP contribution in [0.15, 0.2) is 83.3 Å². The minimum atomic E-state index is 0.217. The van der Waals surface area contributed by atoms with E-state index < -0.39 is 0 Å². The first kappa shape index (κ1) is 13.7. The molecule has 2 nitrogen and oxygen atoms in total. The lowest BCUT2D eigenvalue weighted by Crippen LogP contribution is -2.08. The van der Waals surface area contributed by atoms with Gasteiger partial charge >= 0.3 is 0 Å². The van der Waals surface area contributed by atoms with Gasteiger partial charge in [0.2, 0.25) is 0 Å². The highest BCUT2D eigenvalue weighted by molar-refractivity contribution is 6.12. The summed E-state index contributed by atoms with van der Waals surface area (Å²) in [5.41, 5.74) is 8.16. The van der Waals surface area contributed by atoms with Gasteiger partial charge in [-0.1, -0.05) is 60.7 Å². The second-order valence-electron chi connectivity index (χ2n) is 7.30. The monoisotopic (exact) mass is 346 g/mol. The number of fused-ring (bicyclic) bond motifs is 9. The minimum Gasteiger partial charge on any atom is -0.456 e. The second kappa shape index (κ2) is 4.60. The molecule has 1 unspecified atom stereocenters. The van der Waals surface area contributed by atoms with Crippen LogP contribution < -0.4 is 4.74 Å². The van der Waals surface area contributed by atoms with Gasteiger partial charge < -0.3 is 9.15 Å². The Morgan fingerprint density at radius 3 is 2.41 bits per heavy atom. The third-order valence-corrected chi connectivity index (χ3v) is 5.95. The normalized spacial score (nSPS) is 16.1. The number of furan rings is 1. The van der Waals surface area contributed by atoms with E-state index in [4.69, 9.17) is 9.15 Å². The number of hydrogen-bond donors (Lipinski definition) is 0. The van der Waals surface area contributed by atoms with E-state index in [-0.39, 0.29) is 5.92 Å². The van der Waals surface area contributed by atoms with Crippen molar-refractivity contribution in [1.29, 1.82) is 0 Å². The van der Waals surface area contributed by atoms with Crippen LogP contribution in [0.25, 0.3) is 33.1 Å². The van der Waals surface area contributed by atoms with Crippen LogP contribution in [0.3, 0.4) is 0 Å². The minimum absolute atomic E-state index is 0.217. The van der Waals surface area contributed by atoms with Crippen molar-refractivity contribution in [3.05, 3.63) is 95.6 Å². The smallest absolute Gasteiger partial charge is 0.143 e. The molecule has 5 aromatic rings. The summed E-state index contributed by atoms with van der Waals surface area (Å²) in [5, 5.41) is 2.19.